The lowest BCUT2D eigenvalue weighted by molar-refractivity contribution is 0.475. The predicted octanol–water partition coefficient (Wildman–Crippen LogP) is 1.05. The Morgan fingerprint density at radius 3 is 2.82 bits per heavy atom. The van der Waals surface area contributed by atoms with Crippen LogP contribution >= 0.6 is 0 Å². The molecule has 0 aliphatic carbocycles. The van der Waals surface area contributed by atoms with Crippen molar-refractivity contribution in [2.75, 3.05) is 13.1 Å². The molecule has 0 spiro atoms. The molecule has 1 aromatic carbocycles. The van der Waals surface area contributed by atoms with Gasteiger partial charge in [-0.25, -0.2) is 4.68 Å². The molecule has 2 aromatic rings. The number of phenolic OH excluding ortho intramolecular Hbond substituents is 1. The molecule has 1 aliphatic rings. The summed E-state index contributed by atoms with van der Waals surface area (Å²) < 4.78 is 1.84. The van der Waals surface area contributed by atoms with Crippen molar-refractivity contribution in [1.29, 1.82) is 0 Å². The first kappa shape index (κ1) is 10.3. The van der Waals surface area contributed by atoms with Gasteiger partial charge < -0.3 is 10.4 Å². The molecule has 88 valence electrons. The van der Waals surface area contributed by atoms with E-state index in [1.165, 1.54) is 0 Å². The van der Waals surface area contributed by atoms with Crippen LogP contribution in [0.15, 0.2) is 30.5 Å². The predicted molar refractivity (Wildman–Crippen MR) is 63.3 cm³/mol. The van der Waals surface area contributed by atoms with E-state index in [4.69, 9.17) is 0 Å². The van der Waals surface area contributed by atoms with Crippen molar-refractivity contribution >= 4 is 0 Å². The van der Waals surface area contributed by atoms with Crippen LogP contribution in [0.2, 0.25) is 0 Å². The lowest BCUT2D eigenvalue weighted by Crippen LogP contribution is -2.11. The minimum Gasteiger partial charge on any atom is -0.508 e. The van der Waals surface area contributed by atoms with Gasteiger partial charge in [-0.05, 0) is 37.2 Å². The summed E-state index contributed by atoms with van der Waals surface area (Å²) in [5, 5.41) is 20.7. The molecule has 1 atom stereocenters. The summed E-state index contributed by atoms with van der Waals surface area (Å²) in [6.07, 6.45) is 2.94. The van der Waals surface area contributed by atoms with E-state index in [0.717, 1.165) is 30.9 Å². The first-order chi connectivity index (χ1) is 8.34. The fraction of sp³-hybridized carbons (Fsp3) is 0.333. The van der Waals surface area contributed by atoms with E-state index in [2.05, 4.69) is 15.6 Å². The smallest absolute Gasteiger partial charge is 0.115 e. The van der Waals surface area contributed by atoms with Crippen molar-refractivity contribution in [3.05, 3.63) is 36.2 Å². The third-order valence-electron chi connectivity index (χ3n) is 3.15. The number of aromatic hydroxyl groups is 1. The van der Waals surface area contributed by atoms with Crippen molar-refractivity contribution in [2.45, 2.75) is 12.3 Å². The molecule has 2 heterocycles. The number of aromatic nitrogens is 3. The average Bonchev–Trinajstić information content (AvgIpc) is 3.00. The second kappa shape index (κ2) is 4.18. The largest absolute Gasteiger partial charge is 0.508 e. The normalized spacial score (nSPS) is 19.6. The van der Waals surface area contributed by atoms with Crippen molar-refractivity contribution in [3.63, 3.8) is 0 Å². The van der Waals surface area contributed by atoms with Crippen LogP contribution in [0, 0.1) is 0 Å². The number of phenols is 1. The summed E-state index contributed by atoms with van der Waals surface area (Å²) >= 11 is 0. The number of benzene rings is 1. The van der Waals surface area contributed by atoms with Gasteiger partial charge in [-0.15, -0.1) is 5.10 Å². The Hall–Kier alpha value is -1.88. The van der Waals surface area contributed by atoms with Gasteiger partial charge in [-0.3, -0.25) is 0 Å². The lowest BCUT2D eigenvalue weighted by atomic mass is 10.1. The van der Waals surface area contributed by atoms with Gasteiger partial charge in [0.15, 0.2) is 0 Å². The fourth-order valence-electron chi connectivity index (χ4n) is 2.22. The maximum atomic E-state index is 9.28. The Morgan fingerprint density at radius 2 is 2.12 bits per heavy atom. The molecule has 0 saturated carbocycles. The molecule has 5 heteroatoms. The Labute approximate surface area is 99.1 Å². The minimum atomic E-state index is 0.262. The van der Waals surface area contributed by atoms with Gasteiger partial charge in [0.1, 0.15) is 5.75 Å². The Balaban J connectivity index is 1.97. The summed E-state index contributed by atoms with van der Waals surface area (Å²) in [7, 11) is 0. The highest BCUT2D eigenvalue weighted by Gasteiger charge is 2.21. The van der Waals surface area contributed by atoms with E-state index in [9.17, 15) is 5.11 Å². The zero-order valence-corrected chi connectivity index (χ0v) is 9.37. The standard InChI is InChI=1S/C12H14N4O/c17-11-3-1-10(2-4-11)16-12(8-14-15-16)9-5-6-13-7-9/h1-4,8-9,13,17H,5-7H2. The molecule has 3 rings (SSSR count). The highest BCUT2D eigenvalue weighted by Crippen LogP contribution is 2.24. The lowest BCUT2D eigenvalue weighted by Gasteiger charge is -2.10. The molecule has 5 nitrogen and oxygen atoms in total. The van der Waals surface area contributed by atoms with Crippen LogP contribution < -0.4 is 5.32 Å². The van der Waals surface area contributed by atoms with E-state index in [-0.39, 0.29) is 5.75 Å². The molecule has 17 heavy (non-hydrogen) atoms. The van der Waals surface area contributed by atoms with Crippen molar-refractivity contribution in [2.24, 2.45) is 0 Å². The highest BCUT2D eigenvalue weighted by molar-refractivity contribution is 5.37. The summed E-state index contributed by atoms with van der Waals surface area (Å²) in [5.41, 5.74) is 2.06. The quantitative estimate of drug-likeness (QED) is 0.809. The second-order valence-corrected chi connectivity index (χ2v) is 4.28. The number of rotatable bonds is 2. The first-order valence-corrected chi connectivity index (χ1v) is 5.75. The number of nitrogens with one attached hydrogen (secondary N) is 1. The van der Waals surface area contributed by atoms with E-state index in [1.54, 1.807) is 12.1 Å². The molecule has 1 unspecified atom stereocenters. The topological polar surface area (TPSA) is 63.0 Å². The van der Waals surface area contributed by atoms with Gasteiger partial charge in [0.05, 0.1) is 17.6 Å². The molecule has 1 fully saturated rings. The van der Waals surface area contributed by atoms with Crippen LogP contribution in [0.25, 0.3) is 5.69 Å². The molecule has 1 aliphatic heterocycles. The molecule has 0 amide bonds. The maximum Gasteiger partial charge on any atom is 0.115 e. The van der Waals surface area contributed by atoms with Crippen LogP contribution in [-0.4, -0.2) is 33.2 Å². The molecule has 2 N–H and O–H groups in total. The zero-order chi connectivity index (χ0) is 11.7. The van der Waals surface area contributed by atoms with E-state index in [1.807, 2.05) is 23.0 Å². The van der Waals surface area contributed by atoms with Crippen molar-refractivity contribution in [3.8, 4) is 11.4 Å². The Kier molecular flexibility index (Phi) is 2.53. The summed E-state index contributed by atoms with van der Waals surface area (Å²) in [4.78, 5) is 0. The van der Waals surface area contributed by atoms with Gasteiger partial charge in [0.25, 0.3) is 0 Å². The molecular weight excluding hydrogens is 216 g/mol. The second-order valence-electron chi connectivity index (χ2n) is 4.28. The van der Waals surface area contributed by atoms with Crippen LogP contribution in [0.4, 0.5) is 0 Å². The molecule has 0 radical (unpaired) electrons. The van der Waals surface area contributed by atoms with Gasteiger partial charge in [-0.2, -0.15) is 0 Å². The first-order valence-electron chi connectivity index (χ1n) is 5.75. The summed E-state index contributed by atoms with van der Waals surface area (Å²) in [6.45, 7) is 2.02. The molecule has 0 bridgehead atoms. The highest BCUT2D eigenvalue weighted by atomic mass is 16.3. The SMILES string of the molecule is Oc1ccc(-n2nncc2C2CCNC2)cc1. The summed E-state index contributed by atoms with van der Waals surface area (Å²) in [5.74, 6) is 0.733. The van der Waals surface area contributed by atoms with Crippen LogP contribution in [0.1, 0.15) is 18.0 Å². The number of hydrogen-bond acceptors (Lipinski definition) is 4. The van der Waals surface area contributed by atoms with Gasteiger partial charge >= 0.3 is 0 Å². The van der Waals surface area contributed by atoms with Gasteiger partial charge in [-0.1, -0.05) is 5.21 Å². The van der Waals surface area contributed by atoms with Crippen LogP contribution in [-0.2, 0) is 0 Å². The van der Waals surface area contributed by atoms with Gasteiger partial charge in [0, 0.05) is 12.5 Å². The zero-order valence-electron chi connectivity index (χ0n) is 9.37. The fourth-order valence-corrected chi connectivity index (χ4v) is 2.22. The monoisotopic (exact) mass is 230 g/mol. The Bertz CT molecular complexity index is 499. The summed E-state index contributed by atoms with van der Waals surface area (Å²) in [6, 6.07) is 7.01. The molecule has 1 saturated heterocycles. The Morgan fingerprint density at radius 1 is 1.29 bits per heavy atom. The van der Waals surface area contributed by atoms with E-state index in [0.29, 0.717) is 5.92 Å². The van der Waals surface area contributed by atoms with E-state index < -0.39 is 0 Å². The van der Waals surface area contributed by atoms with Crippen molar-refractivity contribution < 1.29 is 5.11 Å². The third-order valence-corrected chi connectivity index (χ3v) is 3.15. The number of hydrogen-bond donors (Lipinski definition) is 2. The third kappa shape index (κ3) is 1.89. The van der Waals surface area contributed by atoms with Crippen LogP contribution in [0.3, 0.4) is 0 Å². The number of nitrogens with zero attached hydrogens (tertiary/aromatic N) is 3. The van der Waals surface area contributed by atoms with Crippen molar-refractivity contribution in [1.82, 2.24) is 20.3 Å². The van der Waals surface area contributed by atoms with E-state index >= 15 is 0 Å². The maximum absolute atomic E-state index is 9.28. The average molecular weight is 230 g/mol. The molecule has 1 aromatic heterocycles. The van der Waals surface area contributed by atoms with Crippen LogP contribution in [0.5, 0.6) is 5.75 Å². The minimum absolute atomic E-state index is 0.262. The molecular formula is C12H14N4O. The van der Waals surface area contributed by atoms with Gasteiger partial charge in [0.2, 0.25) is 0 Å².